The van der Waals surface area contributed by atoms with Gasteiger partial charge in [0.05, 0.1) is 12.2 Å². The highest BCUT2D eigenvalue weighted by molar-refractivity contribution is 5.78. The van der Waals surface area contributed by atoms with Gasteiger partial charge in [0.1, 0.15) is 5.75 Å². The molecular formula is C16H23N3O2. The molecule has 2 aliphatic rings. The zero-order valence-corrected chi connectivity index (χ0v) is 12.4. The lowest BCUT2D eigenvalue weighted by atomic mass is 10.2. The Morgan fingerprint density at radius 1 is 1.00 bits per heavy atom. The lowest BCUT2D eigenvalue weighted by Crippen LogP contribution is -2.49. The summed E-state index contributed by atoms with van der Waals surface area (Å²) in [6, 6.07) is 7.45. The topological polar surface area (TPSA) is 47.0 Å². The largest absolute Gasteiger partial charge is 0.506 e. The summed E-state index contributed by atoms with van der Waals surface area (Å²) in [5.74, 6) is 0.600. The van der Waals surface area contributed by atoms with E-state index in [9.17, 15) is 9.90 Å². The van der Waals surface area contributed by atoms with E-state index in [1.165, 1.54) is 0 Å². The monoisotopic (exact) mass is 289 g/mol. The Morgan fingerprint density at radius 3 is 2.33 bits per heavy atom. The molecule has 2 aliphatic heterocycles. The molecule has 0 bridgehead atoms. The Kier molecular flexibility index (Phi) is 4.29. The number of phenolic OH excluding ortho intramolecular Hbond substituents is 1. The lowest BCUT2D eigenvalue weighted by Gasteiger charge is -2.36. The molecule has 0 aliphatic carbocycles. The molecule has 1 amide bonds. The molecule has 0 radical (unpaired) electrons. The van der Waals surface area contributed by atoms with Gasteiger partial charge in [-0.1, -0.05) is 12.1 Å². The van der Waals surface area contributed by atoms with Gasteiger partial charge in [-0.2, -0.15) is 0 Å². The highest BCUT2D eigenvalue weighted by atomic mass is 16.3. The number of phenols is 1. The number of likely N-dealkylation sites (tertiary alicyclic amines) is 1. The molecule has 5 heteroatoms. The first-order valence-corrected chi connectivity index (χ1v) is 7.77. The van der Waals surface area contributed by atoms with E-state index in [-0.39, 0.29) is 5.91 Å². The molecule has 2 fully saturated rings. The molecule has 21 heavy (non-hydrogen) atoms. The highest BCUT2D eigenvalue weighted by Crippen LogP contribution is 2.27. The van der Waals surface area contributed by atoms with Gasteiger partial charge in [0.2, 0.25) is 5.91 Å². The Hall–Kier alpha value is -1.75. The molecule has 0 aromatic heterocycles. The van der Waals surface area contributed by atoms with Crippen LogP contribution in [0.25, 0.3) is 0 Å². The Balaban J connectivity index is 1.51. The van der Waals surface area contributed by atoms with Gasteiger partial charge in [-0.15, -0.1) is 0 Å². The molecule has 0 atom stereocenters. The van der Waals surface area contributed by atoms with Crippen LogP contribution in [0, 0.1) is 0 Å². The maximum Gasteiger partial charge on any atom is 0.236 e. The quantitative estimate of drug-likeness (QED) is 0.906. The number of para-hydroxylation sites is 2. The second-order valence-corrected chi connectivity index (χ2v) is 5.84. The second-order valence-electron chi connectivity index (χ2n) is 5.84. The van der Waals surface area contributed by atoms with Crippen LogP contribution >= 0.6 is 0 Å². The van der Waals surface area contributed by atoms with Crippen LogP contribution in [0.2, 0.25) is 0 Å². The molecular weight excluding hydrogens is 266 g/mol. The van der Waals surface area contributed by atoms with Crippen molar-refractivity contribution in [2.24, 2.45) is 0 Å². The summed E-state index contributed by atoms with van der Waals surface area (Å²) in [5, 5.41) is 9.90. The summed E-state index contributed by atoms with van der Waals surface area (Å²) in [5.41, 5.74) is 0.892. The molecule has 1 aromatic carbocycles. The van der Waals surface area contributed by atoms with Crippen molar-refractivity contribution < 1.29 is 9.90 Å². The number of anilines is 1. The minimum atomic E-state index is 0.267. The lowest BCUT2D eigenvalue weighted by molar-refractivity contribution is -0.131. The molecule has 0 saturated carbocycles. The van der Waals surface area contributed by atoms with Crippen molar-refractivity contribution in [1.29, 1.82) is 0 Å². The average Bonchev–Trinajstić information content (AvgIpc) is 3.03. The predicted octanol–water partition coefficient (Wildman–Crippen LogP) is 1.14. The highest BCUT2D eigenvalue weighted by Gasteiger charge is 2.24. The zero-order chi connectivity index (χ0) is 14.7. The Morgan fingerprint density at radius 2 is 1.67 bits per heavy atom. The molecule has 114 valence electrons. The fraction of sp³-hybridized carbons (Fsp3) is 0.562. The van der Waals surface area contributed by atoms with Crippen molar-refractivity contribution in [3.8, 4) is 5.75 Å². The van der Waals surface area contributed by atoms with Crippen molar-refractivity contribution in [3.63, 3.8) is 0 Å². The van der Waals surface area contributed by atoms with E-state index in [4.69, 9.17) is 0 Å². The van der Waals surface area contributed by atoms with Gasteiger partial charge < -0.3 is 14.9 Å². The third-order valence-electron chi connectivity index (χ3n) is 4.41. The van der Waals surface area contributed by atoms with Gasteiger partial charge in [0, 0.05) is 39.3 Å². The van der Waals surface area contributed by atoms with Crippen LogP contribution in [0.5, 0.6) is 5.75 Å². The van der Waals surface area contributed by atoms with Gasteiger partial charge in [0.15, 0.2) is 0 Å². The van der Waals surface area contributed by atoms with Crippen LogP contribution in [0.1, 0.15) is 12.8 Å². The second kappa shape index (κ2) is 6.35. The van der Waals surface area contributed by atoms with Gasteiger partial charge in [-0.3, -0.25) is 9.69 Å². The van der Waals surface area contributed by atoms with E-state index in [2.05, 4.69) is 9.80 Å². The molecule has 1 N–H and O–H groups in total. The number of hydrogen-bond donors (Lipinski definition) is 1. The summed E-state index contributed by atoms with van der Waals surface area (Å²) >= 11 is 0. The van der Waals surface area contributed by atoms with Gasteiger partial charge in [-0.25, -0.2) is 0 Å². The van der Waals surface area contributed by atoms with E-state index >= 15 is 0 Å². The third-order valence-corrected chi connectivity index (χ3v) is 4.41. The molecule has 2 heterocycles. The first kappa shape index (κ1) is 14.2. The van der Waals surface area contributed by atoms with Crippen LogP contribution in [0.15, 0.2) is 24.3 Å². The van der Waals surface area contributed by atoms with Crippen LogP contribution < -0.4 is 4.90 Å². The minimum absolute atomic E-state index is 0.267. The summed E-state index contributed by atoms with van der Waals surface area (Å²) in [4.78, 5) is 18.5. The molecule has 2 saturated heterocycles. The number of carbonyl (C=O) groups is 1. The Labute approximate surface area is 125 Å². The van der Waals surface area contributed by atoms with Crippen molar-refractivity contribution in [3.05, 3.63) is 24.3 Å². The van der Waals surface area contributed by atoms with Gasteiger partial charge in [0.25, 0.3) is 0 Å². The predicted molar refractivity (Wildman–Crippen MR) is 82.6 cm³/mol. The van der Waals surface area contributed by atoms with Crippen molar-refractivity contribution in [2.75, 3.05) is 50.7 Å². The number of amides is 1. The number of piperazine rings is 1. The molecule has 0 spiro atoms. The van der Waals surface area contributed by atoms with E-state index in [0.717, 1.165) is 57.8 Å². The summed E-state index contributed by atoms with van der Waals surface area (Å²) in [6.07, 6.45) is 2.29. The molecule has 5 nitrogen and oxygen atoms in total. The number of carbonyl (C=O) groups excluding carboxylic acids is 1. The summed E-state index contributed by atoms with van der Waals surface area (Å²) in [6.45, 7) is 5.83. The van der Waals surface area contributed by atoms with E-state index < -0.39 is 0 Å². The average molecular weight is 289 g/mol. The zero-order valence-electron chi connectivity index (χ0n) is 12.4. The fourth-order valence-corrected chi connectivity index (χ4v) is 3.14. The number of hydrogen-bond acceptors (Lipinski definition) is 4. The van der Waals surface area contributed by atoms with E-state index in [1.54, 1.807) is 6.07 Å². The van der Waals surface area contributed by atoms with Crippen molar-refractivity contribution in [1.82, 2.24) is 9.80 Å². The van der Waals surface area contributed by atoms with Crippen molar-refractivity contribution >= 4 is 11.6 Å². The minimum Gasteiger partial charge on any atom is -0.506 e. The molecule has 0 unspecified atom stereocenters. The van der Waals surface area contributed by atoms with Crippen LogP contribution in [-0.4, -0.2) is 66.6 Å². The van der Waals surface area contributed by atoms with Crippen LogP contribution in [0.4, 0.5) is 5.69 Å². The van der Waals surface area contributed by atoms with Gasteiger partial charge in [-0.05, 0) is 25.0 Å². The standard InChI is InChI=1S/C16H23N3O2/c20-15-6-2-1-5-14(15)18-11-9-17(10-12-18)13-16(21)19-7-3-4-8-19/h1-2,5-6,20H,3-4,7-13H2. The van der Waals surface area contributed by atoms with Crippen molar-refractivity contribution in [2.45, 2.75) is 12.8 Å². The first-order chi connectivity index (χ1) is 10.2. The fourth-order valence-electron chi connectivity index (χ4n) is 3.14. The van der Waals surface area contributed by atoms with Crippen LogP contribution in [-0.2, 0) is 4.79 Å². The van der Waals surface area contributed by atoms with Crippen LogP contribution in [0.3, 0.4) is 0 Å². The summed E-state index contributed by atoms with van der Waals surface area (Å²) in [7, 11) is 0. The maximum absolute atomic E-state index is 12.1. The smallest absolute Gasteiger partial charge is 0.236 e. The third kappa shape index (κ3) is 3.29. The normalized spacial score (nSPS) is 20.0. The van der Waals surface area contributed by atoms with Gasteiger partial charge >= 0.3 is 0 Å². The first-order valence-electron chi connectivity index (χ1n) is 7.77. The number of rotatable bonds is 3. The number of aromatic hydroxyl groups is 1. The van der Waals surface area contributed by atoms with E-state index in [0.29, 0.717) is 12.3 Å². The molecule has 3 rings (SSSR count). The summed E-state index contributed by atoms with van der Waals surface area (Å²) < 4.78 is 0. The maximum atomic E-state index is 12.1. The Bertz CT molecular complexity index is 492. The number of nitrogens with zero attached hydrogens (tertiary/aromatic N) is 3. The number of benzene rings is 1. The SMILES string of the molecule is O=C(CN1CCN(c2ccccc2O)CC1)N1CCCC1. The van der Waals surface area contributed by atoms with E-state index in [1.807, 2.05) is 23.1 Å². The molecule has 1 aromatic rings.